The van der Waals surface area contributed by atoms with Crippen molar-refractivity contribution in [2.24, 2.45) is 5.92 Å². The van der Waals surface area contributed by atoms with Crippen molar-refractivity contribution in [3.63, 3.8) is 0 Å². The molecule has 0 aromatic carbocycles. The first kappa shape index (κ1) is 19.1. The first-order valence-electron chi connectivity index (χ1n) is 9.33. The summed E-state index contributed by atoms with van der Waals surface area (Å²) < 4.78 is 1.75. The Bertz CT molecular complexity index is 813. The van der Waals surface area contributed by atoms with Gasteiger partial charge in [-0.05, 0) is 19.4 Å². The molecule has 2 aromatic rings. The van der Waals surface area contributed by atoms with Gasteiger partial charge in [-0.2, -0.15) is 0 Å². The number of hydrogen-bond acceptors (Lipinski definition) is 7. The molecule has 26 heavy (non-hydrogen) atoms. The average Bonchev–Trinajstić information content (AvgIpc) is 2.62. The lowest BCUT2D eigenvalue weighted by molar-refractivity contribution is 0.312. The number of anilines is 1. The van der Waals surface area contributed by atoms with Crippen LogP contribution in [0.5, 0.6) is 0 Å². The van der Waals surface area contributed by atoms with E-state index in [0.717, 1.165) is 54.8 Å². The third-order valence-electron chi connectivity index (χ3n) is 4.44. The van der Waals surface area contributed by atoms with Crippen molar-refractivity contribution < 1.29 is 0 Å². The monoisotopic (exact) mass is 376 g/mol. The number of thioether (sulfide) groups is 1. The minimum Gasteiger partial charge on any atom is -0.352 e. The molecule has 142 valence electrons. The van der Waals surface area contributed by atoms with Crippen LogP contribution >= 0.6 is 11.8 Å². The van der Waals surface area contributed by atoms with Crippen LogP contribution in [0.3, 0.4) is 0 Å². The molecule has 1 saturated heterocycles. The van der Waals surface area contributed by atoms with E-state index in [4.69, 9.17) is 9.97 Å². The molecule has 0 N–H and O–H groups in total. The van der Waals surface area contributed by atoms with Gasteiger partial charge >= 0.3 is 0 Å². The van der Waals surface area contributed by atoms with Crippen molar-refractivity contribution >= 4 is 28.7 Å². The molecular weight excluding hydrogens is 348 g/mol. The predicted molar refractivity (Wildman–Crippen MR) is 107 cm³/mol. The Morgan fingerprint density at radius 3 is 2.58 bits per heavy atom. The third-order valence-corrected chi connectivity index (χ3v) is 5.49. The summed E-state index contributed by atoms with van der Waals surface area (Å²) in [6, 6.07) is 0. The lowest BCUT2D eigenvalue weighted by Gasteiger charge is -2.33. The molecule has 3 rings (SSSR count). The maximum atomic E-state index is 12.4. The van der Waals surface area contributed by atoms with E-state index in [1.54, 1.807) is 16.3 Å². The quantitative estimate of drug-likeness (QED) is 0.565. The molecule has 0 bridgehead atoms. The topological polar surface area (TPSA) is 67.2 Å². The highest BCUT2D eigenvalue weighted by Gasteiger charge is 2.22. The summed E-state index contributed by atoms with van der Waals surface area (Å²) in [5.41, 5.74) is 1.30. The van der Waals surface area contributed by atoms with Crippen molar-refractivity contribution in [1.82, 2.24) is 24.4 Å². The lowest BCUT2D eigenvalue weighted by atomic mass is 10.2. The highest BCUT2D eigenvalue weighted by Crippen LogP contribution is 2.26. The van der Waals surface area contributed by atoms with Crippen LogP contribution < -0.4 is 10.5 Å². The number of rotatable bonds is 6. The average molecular weight is 377 g/mol. The van der Waals surface area contributed by atoms with Crippen LogP contribution in [-0.4, -0.2) is 63.4 Å². The molecule has 0 radical (unpaired) electrons. The number of fused-ring (bicyclic) bond motifs is 1. The Balaban J connectivity index is 2.13. The number of piperazine rings is 1. The molecule has 2 aromatic heterocycles. The highest BCUT2D eigenvalue weighted by molar-refractivity contribution is 7.99. The van der Waals surface area contributed by atoms with Gasteiger partial charge in [0.15, 0.2) is 16.6 Å². The molecular formula is C18H28N6OS. The molecule has 0 unspecified atom stereocenters. The van der Waals surface area contributed by atoms with Crippen LogP contribution in [0.25, 0.3) is 11.2 Å². The van der Waals surface area contributed by atoms with E-state index in [1.165, 1.54) is 6.20 Å². The molecule has 0 spiro atoms. The van der Waals surface area contributed by atoms with Crippen LogP contribution in [-0.2, 0) is 6.54 Å². The smallest absolute Gasteiger partial charge is 0.270 e. The number of aromatic nitrogens is 4. The van der Waals surface area contributed by atoms with Crippen LogP contribution in [0, 0.1) is 5.92 Å². The molecule has 0 atom stereocenters. The lowest BCUT2D eigenvalue weighted by Crippen LogP contribution is -2.45. The molecule has 0 saturated carbocycles. The van der Waals surface area contributed by atoms with E-state index >= 15 is 0 Å². The summed E-state index contributed by atoms with van der Waals surface area (Å²) in [4.78, 5) is 31.0. The van der Waals surface area contributed by atoms with E-state index in [2.05, 4.69) is 42.6 Å². The van der Waals surface area contributed by atoms with Gasteiger partial charge in [0.2, 0.25) is 0 Å². The second-order valence-electron chi connectivity index (χ2n) is 7.24. The van der Waals surface area contributed by atoms with Crippen LogP contribution in [0.2, 0.25) is 0 Å². The van der Waals surface area contributed by atoms with E-state index in [1.807, 2.05) is 0 Å². The largest absolute Gasteiger partial charge is 0.352 e. The Morgan fingerprint density at radius 2 is 1.92 bits per heavy atom. The van der Waals surface area contributed by atoms with Gasteiger partial charge in [0.1, 0.15) is 5.52 Å². The summed E-state index contributed by atoms with van der Waals surface area (Å²) in [6.07, 6.45) is 2.47. The van der Waals surface area contributed by atoms with Crippen molar-refractivity contribution in [3.05, 3.63) is 16.6 Å². The molecule has 0 amide bonds. The first-order valence-corrected chi connectivity index (χ1v) is 10.3. The minimum absolute atomic E-state index is 0.0966. The van der Waals surface area contributed by atoms with Gasteiger partial charge in [0.05, 0.1) is 6.20 Å². The molecule has 1 fully saturated rings. The van der Waals surface area contributed by atoms with Crippen molar-refractivity contribution in [3.8, 4) is 0 Å². The van der Waals surface area contributed by atoms with E-state index in [-0.39, 0.29) is 5.56 Å². The number of likely N-dealkylation sites (N-methyl/N-ethyl adjacent to an activating group) is 1. The molecule has 0 aliphatic carbocycles. The first-order chi connectivity index (χ1) is 12.5. The number of nitrogens with zero attached hydrogens (tertiary/aromatic N) is 6. The minimum atomic E-state index is -0.0966. The zero-order valence-corrected chi connectivity index (χ0v) is 16.9. The van der Waals surface area contributed by atoms with E-state index in [0.29, 0.717) is 18.1 Å². The maximum absolute atomic E-state index is 12.4. The Kier molecular flexibility index (Phi) is 6.13. The molecule has 8 heteroatoms. The van der Waals surface area contributed by atoms with Crippen molar-refractivity contribution in [1.29, 1.82) is 0 Å². The van der Waals surface area contributed by atoms with Gasteiger partial charge in [-0.1, -0.05) is 32.5 Å². The normalized spacial score (nSPS) is 16.0. The third kappa shape index (κ3) is 4.17. The molecule has 1 aliphatic heterocycles. The number of hydrogen-bond donors (Lipinski definition) is 0. The standard InChI is InChI=1S/C18H28N6OS/c1-5-10-26-18-20-16(23-8-6-22(4)7-9-23)15-17(21-18)24(12-13(2)3)14(25)11-19-15/h11,13H,5-10,12H2,1-4H3. The summed E-state index contributed by atoms with van der Waals surface area (Å²) in [5, 5.41) is 0.734. The maximum Gasteiger partial charge on any atom is 0.270 e. The molecule has 1 aliphatic rings. The van der Waals surface area contributed by atoms with E-state index < -0.39 is 0 Å². The second-order valence-corrected chi connectivity index (χ2v) is 8.30. The van der Waals surface area contributed by atoms with Gasteiger partial charge in [0.25, 0.3) is 5.56 Å². The summed E-state index contributed by atoms with van der Waals surface area (Å²) in [6.45, 7) is 10.8. The van der Waals surface area contributed by atoms with Crippen LogP contribution in [0.1, 0.15) is 27.2 Å². The van der Waals surface area contributed by atoms with Gasteiger partial charge in [-0.25, -0.2) is 15.0 Å². The Hall–Kier alpha value is -1.67. The highest BCUT2D eigenvalue weighted by atomic mass is 32.2. The fourth-order valence-electron chi connectivity index (χ4n) is 3.05. The van der Waals surface area contributed by atoms with Crippen LogP contribution in [0.4, 0.5) is 5.82 Å². The van der Waals surface area contributed by atoms with Crippen molar-refractivity contribution in [2.45, 2.75) is 38.9 Å². The predicted octanol–water partition coefficient (Wildman–Crippen LogP) is 2.10. The fourth-order valence-corrected chi connectivity index (χ4v) is 3.74. The second kappa shape index (κ2) is 8.35. The summed E-state index contributed by atoms with van der Waals surface area (Å²) in [7, 11) is 2.14. The van der Waals surface area contributed by atoms with Gasteiger partial charge in [-0.15, -0.1) is 0 Å². The van der Waals surface area contributed by atoms with E-state index in [9.17, 15) is 4.79 Å². The molecule has 3 heterocycles. The SMILES string of the molecule is CCCSc1nc(N2CCN(C)CC2)c2ncc(=O)n(CC(C)C)c2n1. The molecule has 7 nitrogen and oxygen atoms in total. The zero-order chi connectivity index (χ0) is 18.7. The fraction of sp³-hybridized carbons (Fsp3) is 0.667. The zero-order valence-electron chi connectivity index (χ0n) is 16.1. The Labute approximate surface area is 158 Å². The summed E-state index contributed by atoms with van der Waals surface area (Å²) in [5.74, 6) is 2.17. The van der Waals surface area contributed by atoms with Gasteiger partial charge < -0.3 is 9.80 Å². The summed E-state index contributed by atoms with van der Waals surface area (Å²) >= 11 is 1.64. The van der Waals surface area contributed by atoms with Crippen molar-refractivity contribution in [2.75, 3.05) is 43.9 Å². The van der Waals surface area contributed by atoms with Crippen LogP contribution in [0.15, 0.2) is 16.1 Å². The van der Waals surface area contributed by atoms with Gasteiger partial charge in [0, 0.05) is 38.5 Å². The van der Waals surface area contributed by atoms with Gasteiger partial charge in [-0.3, -0.25) is 9.36 Å². The Morgan fingerprint density at radius 1 is 1.19 bits per heavy atom.